The van der Waals surface area contributed by atoms with Gasteiger partial charge in [0, 0.05) is 20.1 Å². The number of benzene rings is 1. The van der Waals surface area contributed by atoms with Crippen LogP contribution in [0, 0.1) is 0 Å². The maximum Gasteiger partial charge on any atom is 0.303 e. The summed E-state index contributed by atoms with van der Waals surface area (Å²) in [5.41, 5.74) is 0.678. The van der Waals surface area contributed by atoms with Crippen LogP contribution in [0.25, 0.3) is 0 Å². The van der Waals surface area contributed by atoms with Crippen molar-refractivity contribution in [3.63, 3.8) is 0 Å². The second kappa shape index (κ2) is 4.54. The smallest absolute Gasteiger partial charge is 0.303 e. The van der Waals surface area contributed by atoms with E-state index in [2.05, 4.69) is 0 Å². The van der Waals surface area contributed by atoms with Crippen LogP contribution in [0.4, 0.5) is 5.69 Å². The molecule has 0 amide bonds. The Morgan fingerprint density at radius 3 is 2.41 bits per heavy atom. The van der Waals surface area contributed by atoms with Crippen LogP contribution in [-0.4, -0.2) is 40.0 Å². The van der Waals surface area contributed by atoms with E-state index in [9.17, 15) is 8.42 Å². The van der Waals surface area contributed by atoms with Crippen LogP contribution in [0.1, 0.15) is 6.42 Å². The molecular formula is C11H16N2O3S. The molecule has 0 unspecified atom stereocenters. The van der Waals surface area contributed by atoms with Gasteiger partial charge in [-0.2, -0.15) is 12.7 Å². The van der Waals surface area contributed by atoms with Gasteiger partial charge < -0.3 is 4.74 Å². The molecule has 2 rings (SSSR count). The van der Waals surface area contributed by atoms with Gasteiger partial charge in [0.05, 0.1) is 12.8 Å². The van der Waals surface area contributed by atoms with Crippen molar-refractivity contribution in [3.05, 3.63) is 24.3 Å². The van der Waals surface area contributed by atoms with Crippen molar-refractivity contribution in [3.8, 4) is 5.75 Å². The third-order valence-corrected chi connectivity index (χ3v) is 4.79. The first-order chi connectivity index (χ1) is 8.05. The van der Waals surface area contributed by atoms with E-state index in [1.807, 2.05) is 0 Å². The Labute approximate surface area is 102 Å². The van der Waals surface area contributed by atoms with E-state index in [1.165, 1.54) is 8.61 Å². The fraction of sp³-hybridized carbons (Fsp3) is 0.455. The molecule has 0 aliphatic carbocycles. The molecular weight excluding hydrogens is 240 g/mol. The maximum absolute atomic E-state index is 12.1. The summed E-state index contributed by atoms with van der Waals surface area (Å²) in [7, 11) is -0.163. The van der Waals surface area contributed by atoms with Crippen molar-refractivity contribution in [1.29, 1.82) is 0 Å². The fourth-order valence-electron chi connectivity index (χ4n) is 1.85. The topological polar surface area (TPSA) is 49.9 Å². The highest BCUT2D eigenvalue weighted by Gasteiger charge is 2.30. The molecule has 17 heavy (non-hydrogen) atoms. The predicted molar refractivity (Wildman–Crippen MR) is 66.5 cm³/mol. The first-order valence-corrected chi connectivity index (χ1v) is 6.83. The molecule has 94 valence electrons. The fourth-order valence-corrected chi connectivity index (χ4v) is 3.29. The van der Waals surface area contributed by atoms with E-state index in [0.29, 0.717) is 18.8 Å². The van der Waals surface area contributed by atoms with E-state index in [4.69, 9.17) is 4.74 Å². The van der Waals surface area contributed by atoms with E-state index < -0.39 is 10.2 Å². The molecule has 1 fully saturated rings. The third kappa shape index (κ3) is 2.23. The van der Waals surface area contributed by atoms with Crippen molar-refractivity contribution < 1.29 is 13.2 Å². The lowest BCUT2D eigenvalue weighted by Gasteiger charge is -2.33. The van der Waals surface area contributed by atoms with Crippen molar-refractivity contribution in [2.24, 2.45) is 0 Å². The summed E-state index contributed by atoms with van der Waals surface area (Å²) < 4.78 is 32.0. The molecule has 0 bridgehead atoms. The molecule has 6 heteroatoms. The number of hydrogen-bond donors (Lipinski definition) is 0. The standard InChI is InChI=1S/C11H16N2O3S/c1-12-8-3-9-13(17(12,14)15)10-4-6-11(16-2)7-5-10/h4-7H,3,8-9H2,1-2H3. The van der Waals surface area contributed by atoms with E-state index in [0.717, 1.165) is 12.2 Å². The minimum Gasteiger partial charge on any atom is -0.497 e. The molecule has 0 spiro atoms. The van der Waals surface area contributed by atoms with Gasteiger partial charge in [0.1, 0.15) is 5.75 Å². The van der Waals surface area contributed by atoms with Crippen molar-refractivity contribution >= 4 is 15.9 Å². The number of ether oxygens (including phenoxy) is 1. The quantitative estimate of drug-likeness (QED) is 0.795. The van der Waals surface area contributed by atoms with Crippen LogP contribution in [0.3, 0.4) is 0 Å². The zero-order valence-electron chi connectivity index (χ0n) is 9.96. The molecule has 1 aliphatic heterocycles. The van der Waals surface area contributed by atoms with Gasteiger partial charge in [-0.05, 0) is 30.7 Å². The maximum atomic E-state index is 12.1. The number of methoxy groups -OCH3 is 1. The molecule has 0 N–H and O–H groups in total. The number of nitrogens with zero attached hydrogens (tertiary/aromatic N) is 2. The molecule has 5 nitrogen and oxygen atoms in total. The van der Waals surface area contributed by atoms with Crippen molar-refractivity contribution in [1.82, 2.24) is 4.31 Å². The predicted octanol–water partition coefficient (Wildman–Crippen LogP) is 1.08. The van der Waals surface area contributed by atoms with E-state index in [-0.39, 0.29) is 0 Å². The van der Waals surface area contributed by atoms with Crippen LogP contribution in [-0.2, 0) is 10.2 Å². The van der Waals surface area contributed by atoms with Crippen LogP contribution in [0.2, 0.25) is 0 Å². The molecule has 1 aromatic rings. The third-order valence-electron chi connectivity index (χ3n) is 2.87. The molecule has 0 saturated carbocycles. The zero-order valence-corrected chi connectivity index (χ0v) is 10.8. The van der Waals surface area contributed by atoms with Crippen LogP contribution >= 0.6 is 0 Å². The van der Waals surface area contributed by atoms with Gasteiger partial charge in [0.15, 0.2) is 0 Å². The molecule has 1 aromatic carbocycles. The highest BCUT2D eigenvalue weighted by Crippen LogP contribution is 2.25. The molecule has 1 saturated heterocycles. The first-order valence-electron chi connectivity index (χ1n) is 5.44. The Morgan fingerprint density at radius 2 is 1.82 bits per heavy atom. The summed E-state index contributed by atoms with van der Waals surface area (Å²) in [6.45, 7) is 1.11. The summed E-state index contributed by atoms with van der Waals surface area (Å²) in [6.07, 6.45) is 0.835. The van der Waals surface area contributed by atoms with Gasteiger partial charge in [0.2, 0.25) is 0 Å². The number of hydrogen-bond acceptors (Lipinski definition) is 3. The van der Waals surface area contributed by atoms with Crippen molar-refractivity contribution in [2.45, 2.75) is 6.42 Å². The molecule has 0 radical (unpaired) electrons. The molecule has 0 atom stereocenters. The largest absolute Gasteiger partial charge is 0.497 e. The Hall–Kier alpha value is -1.27. The SMILES string of the molecule is COc1ccc(N2CCCN(C)S2(=O)=O)cc1. The van der Waals surface area contributed by atoms with E-state index >= 15 is 0 Å². The van der Waals surface area contributed by atoms with Gasteiger partial charge in [-0.1, -0.05) is 0 Å². The van der Waals surface area contributed by atoms with Crippen LogP contribution in [0.5, 0.6) is 5.75 Å². The normalized spacial score (nSPS) is 20.2. The van der Waals surface area contributed by atoms with Crippen molar-refractivity contribution in [2.75, 3.05) is 31.6 Å². The van der Waals surface area contributed by atoms with E-state index in [1.54, 1.807) is 38.4 Å². The lowest BCUT2D eigenvalue weighted by Crippen LogP contribution is -2.47. The van der Waals surface area contributed by atoms with Gasteiger partial charge in [-0.25, -0.2) is 0 Å². The highest BCUT2D eigenvalue weighted by molar-refractivity contribution is 7.90. The Bertz CT molecular complexity index is 484. The number of rotatable bonds is 2. The van der Waals surface area contributed by atoms with Gasteiger partial charge in [-0.15, -0.1) is 0 Å². The minimum atomic E-state index is -3.35. The minimum absolute atomic E-state index is 0.527. The second-order valence-corrected chi connectivity index (χ2v) is 5.91. The van der Waals surface area contributed by atoms with Gasteiger partial charge in [-0.3, -0.25) is 4.31 Å². The highest BCUT2D eigenvalue weighted by atomic mass is 32.2. The van der Waals surface area contributed by atoms with Crippen LogP contribution in [0.15, 0.2) is 24.3 Å². The zero-order chi connectivity index (χ0) is 12.5. The molecule has 1 heterocycles. The van der Waals surface area contributed by atoms with Crippen LogP contribution < -0.4 is 9.04 Å². The Balaban J connectivity index is 2.32. The Kier molecular flexibility index (Phi) is 3.26. The average Bonchev–Trinajstić information content (AvgIpc) is 2.33. The van der Waals surface area contributed by atoms with Gasteiger partial charge in [0.25, 0.3) is 0 Å². The lowest BCUT2D eigenvalue weighted by molar-refractivity contribution is 0.414. The summed E-state index contributed by atoms with van der Waals surface area (Å²) >= 11 is 0. The Morgan fingerprint density at radius 1 is 1.18 bits per heavy atom. The summed E-state index contributed by atoms with van der Waals surface area (Å²) in [4.78, 5) is 0. The first kappa shape index (κ1) is 12.2. The second-order valence-electron chi connectivity index (χ2n) is 3.95. The molecule has 1 aliphatic rings. The summed E-state index contributed by atoms with van der Waals surface area (Å²) in [5, 5.41) is 0. The molecule has 0 aromatic heterocycles. The average molecular weight is 256 g/mol. The summed E-state index contributed by atoms with van der Waals surface area (Å²) in [6, 6.07) is 7.05. The monoisotopic (exact) mass is 256 g/mol. The van der Waals surface area contributed by atoms with Gasteiger partial charge >= 0.3 is 10.2 Å². The number of anilines is 1. The summed E-state index contributed by atoms with van der Waals surface area (Å²) in [5.74, 6) is 0.719. The lowest BCUT2D eigenvalue weighted by atomic mass is 10.3.